The van der Waals surface area contributed by atoms with Crippen LogP contribution in [0.3, 0.4) is 0 Å². The van der Waals surface area contributed by atoms with Crippen LogP contribution < -0.4 is 4.74 Å². The lowest BCUT2D eigenvalue weighted by molar-refractivity contribution is -0.134. The van der Waals surface area contributed by atoms with Gasteiger partial charge in [-0.25, -0.2) is 4.98 Å². The van der Waals surface area contributed by atoms with Crippen LogP contribution in [0.1, 0.15) is 17.3 Å². The maximum absolute atomic E-state index is 12.4. The zero-order valence-corrected chi connectivity index (χ0v) is 13.5. The highest BCUT2D eigenvalue weighted by Gasteiger charge is 2.33. The van der Waals surface area contributed by atoms with Gasteiger partial charge in [-0.05, 0) is 29.8 Å². The minimum absolute atomic E-state index is 0.160. The lowest BCUT2D eigenvalue weighted by Gasteiger charge is -2.38. The molecule has 0 saturated carbocycles. The van der Waals surface area contributed by atoms with Crippen LogP contribution in [0.25, 0.3) is 11.0 Å². The topological polar surface area (TPSA) is 58.2 Å². The van der Waals surface area contributed by atoms with Crippen molar-refractivity contribution < 1.29 is 9.53 Å². The zero-order chi connectivity index (χ0) is 16.5. The first kappa shape index (κ1) is 14.8. The molecule has 0 aliphatic carbocycles. The van der Waals surface area contributed by atoms with Crippen LogP contribution in [0.5, 0.6) is 5.75 Å². The SMILES string of the molecule is COc1ccc(CC(=O)N2CC(c3nc4ccccc4[nH]3)C2)cc1. The standard InChI is InChI=1S/C19H19N3O2/c1-24-15-8-6-13(7-9-15)10-18(23)22-11-14(12-22)19-20-16-4-2-3-5-17(16)21-19/h2-9,14H,10-12H2,1H3,(H,20,21). The fourth-order valence-electron chi connectivity index (χ4n) is 3.05. The van der Waals surface area contributed by atoms with E-state index in [1.54, 1.807) is 7.11 Å². The van der Waals surface area contributed by atoms with E-state index in [0.717, 1.165) is 41.3 Å². The molecule has 0 unspecified atom stereocenters. The second-order valence-electron chi connectivity index (χ2n) is 6.16. The zero-order valence-electron chi connectivity index (χ0n) is 13.5. The Morgan fingerprint density at radius 3 is 2.67 bits per heavy atom. The fraction of sp³-hybridized carbons (Fsp3) is 0.263. The molecule has 1 N–H and O–H groups in total. The number of nitrogens with one attached hydrogen (secondary N) is 1. The summed E-state index contributed by atoms with van der Waals surface area (Å²) in [6.45, 7) is 1.46. The van der Waals surface area contributed by atoms with Crippen LogP contribution in [-0.4, -0.2) is 41.0 Å². The molecule has 122 valence electrons. The molecule has 2 aromatic carbocycles. The minimum atomic E-state index is 0.160. The van der Waals surface area contributed by atoms with Crippen molar-refractivity contribution in [1.29, 1.82) is 0 Å². The third-order valence-electron chi connectivity index (χ3n) is 4.54. The van der Waals surface area contributed by atoms with Crippen LogP contribution >= 0.6 is 0 Å². The van der Waals surface area contributed by atoms with Crippen molar-refractivity contribution in [2.45, 2.75) is 12.3 Å². The Kier molecular flexibility index (Phi) is 3.69. The highest BCUT2D eigenvalue weighted by Crippen LogP contribution is 2.27. The van der Waals surface area contributed by atoms with Gasteiger partial charge in [-0.2, -0.15) is 0 Å². The largest absolute Gasteiger partial charge is 0.497 e. The number of para-hydroxylation sites is 2. The van der Waals surface area contributed by atoms with Crippen molar-refractivity contribution in [2.24, 2.45) is 0 Å². The first-order valence-electron chi connectivity index (χ1n) is 8.08. The molecule has 0 atom stereocenters. The van der Waals surface area contributed by atoms with E-state index in [1.807, 2.05) is 53.4 Å². The average Bonchev–Trinajstić information content (AvgIpc) is 2.97. The van der Waals surface area contributed by atoms with Gasteiger partial charge < -0.3 is 14.6 Å². The summed E-state index contributed by atoms with van der Waals surface area (Å²) >= 11 is 0. The maximum atomic E-state index is 12.4. The number of aromatic nitrogens is 2. The Labute approximate surface area is 140 Å². The number of carbonyl (C=O) groups is 1. The fourth-order valence-corrected chi connectivity index (χ4v) is 3.05. The number of likely N-dealkylation sites (tertiary alicyclic amines) is 1. The van der Waals surface area contributed by atoms with Crippen LogP contribution in [0.2, 0.25) is 0 Å². The molecule has 5 nitrogen and oxygen atoms in total. The van der Waals surface area contributed by atoms with Gasteiger partial charge in [0, 0.05) is 13.1 Å². The minimum Gasteiger partial charge on any atom is -0.497 e. The van der Waals surface area contributed by atoms with E-state index in [2.05, 4.69) is 9.97 Å². The average molecular weight is 321 g/mol. The van der Waals surface area contributed by atoms with Gasteiger partial charge in [-0.3, -0.25) is 4.79 Å². The van der Waals surface area contributed by atoms with Crippen molar-refractivity contribution in [1.82, 2.24) is 14.9 Å². The normalized spacial score (nSPS) is 14.6. The number of aromatic amines is 1. The highest BCUT2D eigenvalue weighted by atomic mass is 16.5. The molecular weight excluding hydrogens is 302 g/mol. The van der Waals surface area contributed by atoms with Crippen LogP contribution in [0.4, 0.5) is 0 Å². The number of rotatable bonds is 4. The number of imidazole rings is 1. The van der Waals surface area contributed by atoms with Gasteiger partial charge in [0.2, 0.25) is 5.91 Å². The van der Waals surface area contributed by atoms with Crippen LogP contribution in [-0.2, 0) is 11.2 Å². The molecule has 1 amide bonds. The van der Waals surface area contributed by atoms with E-state index in [9.17, 15) is 4.79 Å². The van der Waals surface area contributed by atoms with E-state index < -0.39 is 0 Å². The first-order chi connectivity index (χ1) is 11.7. The van der Waals surface area contributed by atoms with Crippen LogP contribution in [0, 0.1) is 0 Å². The number of amides is 1. The molecule has 0 radical (unpaired) electrons. The summed E-state index contributed by atoms with van der Waals surface area (Å²) in [5.74, 6) is 2.24. The van der Waals surface area contributed by atoms with Crippen molar-refractivity contribution in [3.63, 3.8) is 0 Å². The van der Waals surface area contributed by atoms with Gasteiger partial charge in [0.05, 0.1) is 30.5 Å². The Hall–Kier alpha value is -2.82. The molecule has 3 aromatic rings. The third-order valence-corrected chi connectivity index (χ3v) is 4.54. The van der Waals surface area contributed by atoms with Crippen LogP contribution in [0.15, 0.2) is 48.5 Å². The van der Waals surface area contributed by atoms with Gasteiger partial charge in [-0.1, -0.05) is 24.3 Å². The molecule has 5 heteroatoms. The lowest BCUT2D eigenvalue weighted by atomic mass is 9.98. The predicted molar refractivity (Wildman–Crippen MR) is 92.1 cm³/mol. The molecule has 1 aromatic heterocycles. The van der Waals surface area contributed by atoms with E-state index in [1.165, 1.54) is 0 Å². The molecule has 1 aliphatic rings. The number of methoxy groups -OCH3 is 1. The number of benzene rings is 2. The first-order valence-corrected chi connectivity index (χ1v) is 8.08. The lowest BCUT2D eigenvalue weighted by Crippen LogP contribution is -2.49. The summed E-state index contributed by atoms with van der Waals surface area (Å²) in [7, 11) is 1.64. The summed E-state index contributed by atoms with van der Waals surface area (Å²) < 4.78 is 5.14. The maximum Gasteiger partial charge on any atom is 0.227 e. The Morgan fingerprint density at radius 1 is 1.21 bits per heavy atom. The molecular formula is C19H19N3O2. The number of fused-ring (bicyclic) bond motifs is 1. The summed E-state index contributed by atoms with van der Waals surface area (Å²) in [5, 5.41) is 0. The molecule has 1 aliphatic heterocycles. The number of hydrogen-bond donors (Lipinski definition) is 1. The second kappa shape index (κ2) is 6.00. The van der Waals surface area contributed by atoms with E-state index >= 15 is 0 Å². The third kappa shape index (κ3) is 2.73. The smallest absolute Gasteiger partial charge is 0.227 e. The van der Waals surface area contributed by atoms with Gasteiger partial charge in [-0.15, -0.1) is 0 Å². The van der Waals surface area contributed by atoms with Crippen molar-refractivity contribution in [2.75, 3.05) is 20.2 Å². The van der Waals surface area contributed by atoms with Gasteiger partial charge in [0.1, 0.15) is 11.6 Å². The summed E-state index contributed by atoms with van der Waals surface area (Å²) in [5.41, 5.74) is 3.04. The summed E-state index contributed by atoms with van der Waals surface area (Å²) in [6, 6.07) is 15.7. The summed E-state index contributed by atoms with van der Waals surface area (Å²) in [4.78, 5) is 22.2. The van der Waals surface area contributed by atoms with Gasteiger partial charge >= 0.3 is 0 Å². The Morgan fingerprint density at radius 2 is 1.96 bits per heavy atom. The van der Waals surface area contributed by atoms with E-state index in [4.69, 9.17) is 4.74 Å². The molecule has 0 spiro atoms. The molecule has 2 heterocycles. The van der Waals surface area contributed by atoms with E-state index in [0.29, 0.717) is 12.3 Å². The number of hydrogen-bond acceptors (Lipinski definition) is 3. The van der Waals surface area contributed by atoms with Crippen molar-refractivity contribution in [3.05, 3.63) is 59.9 Å². The Balaban J connectivity index is 1.36. The molecule has 4 rings (SSSR count). The molecule has 24 heavy (non-hydrogen) atoms. The van der Waals surface area contributed by atoms with Gasteiger partial charge in [0.15, 0.2) is 0 Å². The predicted octanol–water partition coefficient (Wildman–Crippen LogP) is 2.74. The monoisotopic (exact) mass is 321 g/mol. The Bertz CT molecular complexity index is 831. The summed E-state index contributed by atoms with van der Waals surface area (Å²) in [6.07, 6.45) is 0.427. The number of carbonyl (C=O) groups excluding carboxylic acids is 1. The number of H-pyrrole nitrogens is 1. The second-order valence-corrected chi connectivity index (χ2v) is 6.16. The highest BCUT2D eigenvalue weighted by molar-refractivity contribution is 5.80. The number of ether oxygens (including phenoxy) is 1. The van der Waals surface area contributed by atoms with Crippen molar-refractivity contribution >= 4 is 16.9 Å². The molecule has 1 fully saturated rings. The quantitative estimate of drug-likeness (QED) is 0.804. The molecule has 1 saturated heterocycles. The molecule has 0 bridgehead atoms. The van der Waals surface area contributed by atoms with Gasteiger partial charge in [0.25, 0.3) is 0 Å². The van der Waals surface area contributed by atoms with E-state index in [-0.39, 0.29) is 5.91 Å². The number of nitrogens with zero attached hydrogens (tertiary/aromatic N) is 2. The van der Waals surface area contributed by atoms with Crippen molar-refractivity contribution in [3.8, 4) is 5.75 Å².